The second-order valence-corrected chi connectivity index (χ2v) is 4.62. The summed E-state index contributed by atoms with van der Waals surface area (Å²) < 4.78 is 18.9. The zero-order valence-electron chi connectivity index (χ0n) is 12.0. The van der Waals surface area contributed by atoms with Crippen LogP contribution >= 0.6 is 0 Å². The SMILES string of the molecule is COc1cccc(NC(=O)c2c(C)cc(C)nc2N)c1F. The van der Waals surface area contributed by atoms with E-state index >= 15 is 0 Å². The lowest BCUT2D eigenvalue weighted by Gasteiger charge is -2.12. The Morgan fingerprint density at radius 3 is 2.71 bits per heavy atom. The van der Waals surface area contributed by atoms with Gasteiger partial charge < -0.3 is 15.8 Å². The first-order chi connectivity index (χ1) is 9.93. The number of ether oxygens (including phenoxy) is 1. The van der Waals surface area contributed by atoms with Crippen molar-refractivity contribution in [3.05, 3.63) is 46.9 Å². The van der Waals surface area contributed by atoms with E-state index in [0.29, 0.717) is 11.3 Å². The van der Waals surface area contributed by atoms with E-state index in [1.54, 1.807) is 26.0 Å². The van der Waals surface area contributed by atoms with E-state index < -0.39 is 11.7 Å². The Labute approximate surface area is 121 Å². The van der Waals surface area contributed by atoms with E-state index in [0.717, 1.165) is 0 Å². The van der Waals surface area contributed by atoms with Gasteiger partial charge in [-0.05, 0) is 37.6 Å². The smallest absolute Gasteiger partial charge is 0.259 e. The second kappa shape index (κ2) is 5.78. The van der Waals surface area contributed by atoms with Crippen molar-refractivity contribution in [2.45, 2.75) is 13.8 Å². The molecule has 5 nitrogen and oxygen atoms in total. The maximum Gasteiger partial charge on any atom is 0.259 e. The molecule has 110 valence electrons. The predicted octanol–water partition coefficient (Wildman–Crippen LogP) is 2.68. The van der Waals surface area contributed by atoms with Gasteiger partial charge in [-0.3, -0.25) is 4.79 Å². The van der Waals surface area contributed by atoms with Crippen LogP contribution in [-0.4, -0.2) is 18.0 Å². The van der Waals surface area contributed by atoms with E-state index in [4.69, 9.17) is 10.5 Å². The first kappa shape index (κ1) is 14.8. The van der Waals surface area contributed by atoms with Crippen molar-refractivity contribution < 1.29 is 13.9 Å². The highest BCUT2D eigenvalue weighted by atomic mass is 19.1. The van der Waals surface area contributed by atoms with Crippen molar-refractivity contribution in [3.63, 3.8) is 0 Å². The third-order valence-corrected chi connectivity index (χ3v) is 3.03. The Kier molecular flexibility index (Phi) is 4.07. The van der Waals surface area contributed by atoms with Crippen LogP contribution in [0.1, 0.15) is 21.6 Å². The van der Waals surface area contributed by atoms with Gasteiger partial charge in [-0.25, -0.2) is 9.37 Å². The van der Waals surface area contributed by atoms with Crippen LogP contribution in [0.25, 0.3) is 0 Å². The highest BCUT2D eigenvalue weighted by Crippen LogP contribution is 2.25. The molecule has 1 amide bonds. The maximum absolute atomic E-state index is 14.0. The van der Waals surface area contributed by atoms with Crippen molar-refractivity contribution in [1.29, 1.82) is 0 Å². The van der Waals surface area contributed by atoms with Crippen LogP contribution in [0.3, 0.4) is 0 Å². The molecule has 3 N–H and O–H groups in total. The quantitative estimate of drug-likeness (QED) is 0.910. The van der Waals surface area contributed by atoms with Crippen molar-refractivity contribution in [2.75, 3.05) is 18.2 Å². The van der Waals surface area contributed by atoms with E-state index in [9.17, 15) is 9.18 Å². The van der Waals surface area contributed by atoms with Gasteiger partial charge in [-0.15, -0.1) is 0 Å². The molecule has 0 saturated heterocycles. The number of benzene rings is 1. The minimum absolute atomic E-state index is 0.0266. The first-order valence-electron chi connectivity index (χ1n) is 6.31. The van der Waals surface area contributed by atoms with Gasteiger partial charge >= 0.3 is 0 Å². The zero-order valence-corrected chi connectivity index (χ0v) is 12.0. The van der Waals surface area contributed by atoms with Crippen LogP contribution in [0.2, 0.25) is 0 Å². The summed E-state index contributed by atoms with van der Waals surface area (Å²) in [5.74, 6) is -0.970. The standard InChI is InChI=1S/C15H16FN3O2/c1-8-7-9(2)18-14(17)12(8)15(20)19-10-5-4-6-11(21-3)13(10)16/h4-7H,1-3H3,(H2,17,18)(H,19,20). The number of aryl methyl sites for hydroxylation is 2. The van der Waals surface area contributed by atoms with Gasteiger partial charge in [0.2, 0.25) is 0 Å². The number of rotatable bonds is 3. The van der Waals surface area contributed by atoms with Crippen LogP contribution in [-0.2, 0) is 0 Å². The van der Waals surface area contributed by atoms with Crippen molar-refractivity contribution >= 4 is 17.4 Å². The molecule has 21 heavy (non-hydrogen) atoms. The fourth-order valence-corrected chi connectivity index (χ4v) is 2.11. The maximum atomic E-state index is 14.0. The number of carbonyl (C=O) groups is 1. The number of anilines is 2. The lowest BCUT2D eigenvalue weighted by atomic mass is 10.1. The molecule has 0 fully saturated rings. The number of nitrogens with zero attached hydrogens (tertiary/aromatic N) is 1. The topological polar surface area (TPSA) is 77.2 Å². The van der Waals surface area contributed by atoms with Crippen LogP contribution in [0.15, 0.2) is 24.3 Å². The van der Waals surface area contributed by atoms with Gasteiger partial charge in [0.15, 0.2) is 11.6 Å². The Balaban J connectivity index is 2.35. The molecule has 0 saturated carbocycles. The van der Waals surface area contributed by atoms with Crippen molar-refractivity contribution in [2.24, 2.45) is 0 Å². The summed E-state index contributed by atoms with van der Waals surface area (Å²) in [6.45, 7) is 3.54. The van der Waals surface area contributed by atoms with E-state index in [1.807, 2.05) is 0 Å². The van der Waals surface area contributed by atoms with E-state index in [2.05, 4.69) is 10.3 Å². The largest absolute Gasteiger partial charge is 0.494 e. The molecule has 2 rings (SSSR count). The Bertz CT molecular complexity index is 678. The van der Waals surface area contributed by atoms with Gasteiger partial charge in [0.1, 0.15) is 5.82 Å². The number of methoxy groups -OCH3 is 1. The lowest BCUT2D eigenvalue weighted by molar-refractivity contribution is 0.102. The minimum Gasteiger partial charge on any atom is -0.494 e. The molecule has 0 spiro atoms. The van der Waals surface area contributed by atoms with Crippen molar-refractivity contribution in [3.8, 4) is 5.75 Å². The summed E-state index contributed by atoms with van der Waals surface area (Å²) in [5.41, 5.74) is 7.44. The number of hydrogen-bond donors (Lipinski definition) is 2. The fourth-order valence-electron chi connectivity index (χ4n) is 2.11. The Morgan fingerprint density at radius 1 is 1.38 bits per heavy atom. The molecule has 0 atom stereocenters. The number of nitrogens with two attached hydrogens (primary N) is 1. The molecule has 0 aliphatic rings. The Hall–Kier alpha value is -2.63. The molecule has 2 aromatic rings. The predicted molar refractivity (Wildman–Crippen MR) is 79.0 cm³/mol. The number of nitrogens with one attached hydrogen (secondary N) is 1. The molecule has 0 radical (unpaired) electrons. The molecule has 0 unspecified atom stereocenters. The highest BCUT2D eigenvalue weighted by Gasteiger charge is 2.17. The highest BCUT2D eigenvalue weighted by molar-refractivity contribution is 6.08. The van der Waals surface area contributed by atoms with Crippen LogP contribution < -0.4 is 15.8 Å². The average molecular weight is 289 g/mol. The summed E-state index contributed by atoms with van der Waals surface area (Å²) in [4.78, 5) is 16.3. The Morgan fingerprint density at radius 2 is 2.10 bits per heavy atom. The molecule has 6 heteroatoms. The average Bonchev–Trinajstić information content (AvgIpc) is 2.40. The third kappa shape index (κ3) is 2.94. The lowest BCUT2D eigenvalue weighted by Crippen LogP contribution is -2.17. The molecule has 1 aromatic carbocycles. The van der Waals surface area contributed by atoms with Gasteiger partial charge in [-0.2, -0.15) is 0 Å². The summed E-state index contributed by atoms with van der Waals surface area (Å²) in [6.07, 6.45) is 0. The van der Waals surface area contributed by atoms with Gasteiger partial charge in [0.25, 0.3) is 5.91 Å². The number of carbonyl (C=O) groups excluding carboxylic acids is 1. The van der Waals surface area contributed by atoms with Gasteiger partial charge in [0.05, 0.1) is 18.4 Å². The molecule has 0 aliphatic carbocycles. The molecular formula is C15H16FN3O2. The molecule has 0 bridgehead atoms. The summed E-state index contributed by atoms with van der Waals surface area (Å²) in [7, 11) is 1.36. The van der Waals surface area contributed by atoms with Gasteiger partial charge in [-0.1, -0.05) is 6.07 Å². The number of pyridine rings is 1. The summed E-state index contributed by atoms with van der Waals surface area (Å²) >= 11 is 0. The number of nitrogen functional groups attached to an aromatic ring is 1. The zero-order chi connectivity index (χ0) is 15.6. The van der Waals surface area contributed by atoms with Crippen LogP contribution in [0.4, 0.5) is 15.9 Å². The molecule has 1 aromatic heterocycles. The number of aromatic nitrogens is 1. The van der Waals surface area contributed by atoms with Gasteiger partial charge in [0, 0.05) is 5.69 Å². The molecular weight excluding hydrogens is 273 g/mol. The molecule has 0 aliphatic heterocycles. The molecule has 1 heterocycles. The normalized spacial score (nSPS) is 10.3. The van der Waals surface area contributed by atoms with E-state index in [1.165, 1.54) is 19.2 Å². The third-order valence-electron chi connectivity index (χ3n) is 3.03. The minimum atomic E-state index is -0.635. The monoisotopic (exact) mass is 289 g/mol. The second-order valence-electron chi connectivity index (χ2n) is 4.62. The fraction of sp³-hybridized carbons (Fsp3) is 0.200. The number of halogens is 1. The van der Waals surface area contributed by atoms with Crippen LogP contribution in [0, 0.1) is 19.7 Å². The number of hydrogen-bond acceptors (Lipinski definition) is 4. The van der Waals surface area contributed by atoms with Crippen LogP contribution in [0.5, 0.6) is 5.75 Å². The number of amides is 1. The van der Waals surface area contributed by atoms with Crippen molar-refractivity contribution in [1.82, 2.24) is 4.98 Å². The first-order valence-corrected chi connectivity index (χ1v) is 6.31. The van der Waals surface area contributed by atoms with E-state index in [-0.39, 0.29) is 22.8 Å². The summed E-state index contributed by atoms with van der Waals surface area (Å²) in [5, 5.41) is 2.49. The summed E-state index contributed by atoms with van der Waals surface area (Å²) in [6, 6.07) is 6.25.